The first kappa shape index (κ1) is 110. The number of nitrogens with zero attached hydrogens (tertiary/aromatic N) is 15. The van der Waals surface area contributed by atoms with Crippen molar-refractivity contribution in [3.8, 4) is 11.4 Å². The third kappa shape index (κ3) is 20.7. The van der Waals surface area contributed by atoms with E-state index in [1.807, 2.05) is 116 Å². The van der Waals surface area contributed by atoms with Crippen LogP contribution in [0.4, 0.5) is 11.4 Å². The molecule has 0 radical (unpaired) electrons. The van der Waals surface area contributed by atoms with Crippen molar-refractivity contribution in [2.45, 2.75) is 241 Å². The second-order valence-electron chi connectivity index (χ2n) is 42.7. The summed E-state index contributed by atoms with van der Waals surface area (Å²) in [5.74, 6) is 1.56. The topological polar surface area (TPSA) is 180 Å². The minimum Gasteiger partial charge on any atom is -0.663 e. The molecule has 0 N–H and O–H groups in total. The summed E-state index contributed by atoms with van der Waals surface area (Å²) >= 11 is 0. The minimum atomic E-state index is -0.352. The van der Waals surface area contributed by atoms with Gasteiger partial charge in [-0.25, -0.2) is 19.9 Å². The normalized spacial score (nSPS) is 16.1. The molecule has 15 nitrogen and oxygen atoms in total. The molecule has 17 heterocycles. The summed E-state index contributed by atoms with van der Waals surface area (Å²) in [5, 5.41) is 14.1. The van der Waals surface area contributed by atoms with Gasteiger partial charge in [-0.15, -0.1) is 32.8 Å². The van der Waals surface area contributed by atoms with Gasteiger partial charge in [-0.3, -0.25) is 19.9 Å². The van der Waals surface area contributed by atoms with Crippen LogP contribution in [0.5, 0.6) is 0 Å². The molecule has 0 fully saturated rings. The van der Waals surface area contributed by atoms with Gasteiger partial charge in [0.2, 0.25) is 0 Å². The molecule has 760 valence electrons. The zero-order chi connectivity index (χ0) is 101. The van der Waals surface area contributed by atoms with Gasteiger partial charge in [0, 0.05) is 88.9 Å². The van der Waals surface area contributed by atoms with Crippen LogP contribution in [-0.2, 0) is 166 Å². The van der Waals surface area contributed by atoms with E-state index in [0.29, 0.717) is 0 Å². The Labute approximate surface area is 932 Å². The Hall–Kier alpha value is -12.2. The van der Waals surface area contributed by atoms with E-state index in [2.05, 4.69) is 363 Å². The average Bonchev–Trinajstić information content (AvgIpc) is 1.34. The van der Waals surface area contributed by atoms with Crippen LogP contribution < -0.4 is 35.5 Å². The van der Waals surface area contributed by atoms with E-state index in [9.17, 15) is 0 Å². The molecule has 32 bridgehead atoms. The summed E-state index contributed by atoms with van der Waals surface area (Å²) in [7, 11) is 0. The molecule has 11 aromatic heterocycles. The average molecular weight is 2670 g/mol. The molecule has 0 saturated heterocycles. The number of rotatable bonds is 8. The molecule has 19 heteroatoms. The fourth-order valence-corrected chi connectivity index (χ4v) is 21.1. The molecule has 0 spiro atoms. The van der Waals surface area contributed by atoms with Crippen molar-refractivity contribution in [1.29, 1.82) is 0 Å². The van der Waals surface area contributed by atoms with E-state index in [4.69, 9.17) is 65.5 Å². The zero-order valence-electron chi connectivity index (χ0n) is 88.9. The number of para-hydroxylation sites is 2. The Bertz CT molecular complexity index is 7480. The summed E-state index contributed by atoms with van der Waals surface area (Å²) in [5.41, 5.74) is 34.4. The SMILES string of the molecule is C1=C2[N-]C(=Cc3cccc(n3)C3=CN(c4ccccc4)C(=Cc4cccc2n4)[N-]3)N1c1ccccc1.CC1(C)c2[c-]c(ccc2)C(C)(C)c2cccc(n2)C(C)(C)c2[c-]c(ccc2)C(C)(C)c2cccc1n2.CCc1c(CC)c2[n-]c1=Cc1cccc(n1)-c1cccc(n1)C(C)=c1[n-]c=2c(CC)c1CC.CCc1c2[n-]c(c1CC)C(C)(C)c1cccc(n1)C(C)(C)c1[c-]c(ccc1)C(C)(C)c1cccc(n1)C2(C)C.[Pt+2].[Pt+2].[Pt+2].[Pt+2]. The third-order valence-corrected chi connectivity index (χ3v) is 30.5. The van der Waals surface area contributed by atoms with Gasteiger partial charge in [-0.05, 0) is 183 Å². The Kier molecular flexibility index (Phi) is 32.5. The van der Waals surface area contributed by atoms with Crippen molar-refractivity contribution in [3.05, 3.63) is 493 Å². The van der Waals surface area contributed by atoms with Crippen molar-refractivity contribution in [1.82, 2.24) is 54.8 Å². The maximum absolute atomic E-state index is 5.50. The summed E-state index contributed by atoms with van der Waals surface area (Å²) < 4.78 is 0. The number of benzene rings is 5. The molecule has 6 aliphatic heterocycles. The van der Waals surface area contributed by atoms with Crippen molar-refractivity contribution in [2.24, 2.45) is 0 Å². The standard InChI is InChI=1S/C36H43N3.C34H36N2.C30H20N6.C29H30N4.4Pt/c1-11-25-26(12-2)32-36(9,10)30-21-15-19-28(38-30)34(5,6)24-17-13-16-23(22-24)33(3,4)27-18-14-20-29(37-27)35(7,8)31(25)39-32;1-31(2)23-13-9-14-24(21-23)32(3,4)29-19-12-20-30(36-29)34(7,8)26-16-10-15-25(22-26)33(5,6)28-18-11-17-27(31)35-28;1-3-11-23(12-4-1)35-19-27-25-15-8-10-22(32-25)18-30-34-28(20-36(30)24-13-5-2-6-14-24)26-16-7-9-21(31-26)17-29(35)33-27;1-6-19-20(7-2)28-29-22(9-4)21(8-3)27(33-29)17(5)23-13-11-15-25(31-23)24-14-10-12-18(30-24)16-26(19)32-28;;;;/h13-21H,11-12H2,1-10H3;9-20H,1-8H3;1-20H;10-16H,6-9H2,1-5H3;;;;/q4*-2;4*+2. The minimum absolute atomic E-state index is 0. The predicted molar refractivity (Wildman–Crippen MR) is 586 cm³/mol. The second-order valence-corrected chi connectivity index (χ2v) is 42.7. The number of fused-ring (bicyclic) bond motifs is 35. The quantitative estimate of drug-likeness (QED) is 0.131. The molecule has 22 rings (SSSR count). The fourth-order valence-electron chi connectivity index (χ4n) is 21.1. The molecular weight excluding hydrogens is 2540 g/mol. The largest absolute Gasteiger partial charge is 2.00 e. The van der Waals surface area contributed by atoms with Crippen LogP contribution in [0.15, 0.2) is 285 Å². The van der Waals surface area contributed by atoms with Gasteiger partial charge < -0.3 is 35.4 Å². The smallest absolute Gasteiger partial charge is 0.663 e. The van der Waals surface area contributed by atoms with E-state index in [-0.39, 0.29) is 128 Å². The van der Waals surface area contributed by atoms with Crippen molar-refractivity contribution in [3.63, 3.8) is 0 Å². The Morgan fingerprint density at radius 3 is 0.858 bits per heavy atom. The van der Waals surface area contributed by atoms with Crippen LogP contribution in [0.2, 0.25) is 0 Å². The van der Waals surface area contributed by atoms with Crippen LogP contribution in [0, 0.1) is 28.9 Å². The molecule has 0 unspecified atom stereocenters. The van der Waals surface area contributed by atoms with Crippen LogP contribution in [0.1, 0.15) is 317 Å². The molecule has 16 aromatic rings. The van der Waals surface area contributed by atoms with Gasteiger partial charge >= 0.3 is 84.3 Å². The Morgan fingerprint density at radius 2 is 0.514 bits per heavy atom. The Balaban J connectivity index is 0.000000147. The molecule has 0 atom stereocenters. The maximum atomic E-state index is 5.50. The van der Waals surface area contributed by atoms with Gasteiger partial charge in [0.05, 0.1) is 45.6 Å². The van der Waals surface area contributed by atoms with Crippen LogP contribution in [0.25, 0.3) is 57.2 Å². The van der Waals surface area contributed by atoms with E-state index in [0.717, 1.165) is 236 Å². The van der Waals surface area contributed by atoms with Crippen molar-refractivity contribution < 1.29 is 84.3 Å². The van der Waals surface area contributed by atoms with Crippen LogP contribution >= 0.6 is 0 Å². The maximum Gasteiger partial charge on any atom is 2.00 e. The second kappa shape index (κ2) is 43.8. The van der Waals surface area contributed by atoms with Gasteiger partial charge in [-0.1, -0.05) is 325 Å². The molecule has 5 aromatic carbocycles. The number of hydrogen-bond acceptors (Lipinski definition) is 10. The van der Waals surface area contributed by atoms with E-state index < -0.39 is 0 Å². The summed E-state index contributed by atoms with van der Waals surface area (Å²) in [6.07, 6.45) is 15.8. The van der Waals surface area contributed by atoms with Gasteiger partial charge in [0.15, 0.2) is 0 Å². The van der Waals surface area contributed by atoms with Crippen LogP contribution in [-0.4, -0.2) is 39.9 Å². The van der Waals surface area contributed by atoms with E-state index in [1.165, 1.54) is 33.4 Å². The van der Waals surface area contributed by atoms with Gasteiger partial charge in [0.1, 0.15) is 0 Å². The fraction of sp³-hybridized carbons (Fsp3) is 0.287. The first-order valence-corrected chi connectivity index (χ1v) is 51.2. The van der Waals surface area contributed by atoms with Gasteiger partial charge in [-0.2, -0.15) is 106 Å². The number of hydrogen-bond donors (Lipinski definition) is 0. The number of pyridine rings is 8. The zero-order valence-corrected chi connectivity index (χ0v) is 98.0. The van der Waals surface area contributed by atoms with Gasteiger partial charge in [0.25, 0.3) is 0 Å². The van der Waals surface area contributed by atoms with E-state index >= 15 is 0 Å². The third-order valence-electron chi connectivity index (χ3n) is 30.5. The summed E-state index contributed by atoms with van der Waals surface area (Å²) in [4.78, 5) is 61.1. The van der Waals surface area contributed by atoms with Crippen LogP contribution in [0.3, 0.4) is 0 Å². The summed E-state index contributed by atoms with van der Waals surface area (Å²) in [6, 6.07) is 101. The summed E-state index contributed by atoms with van der Waals surface area (Å²) in [6.45, 7) is 51.6. The molecular formula is C129H129N15Pt4. The monoisotopic (exact) mass is 2670 g/mol. The molecule has 0 saturated carbocycles. The number of aromatic nitrogens is 11. The predicted octanol–water partition coefficient (Wildman–Crippen LogP) is 26.8. The molecule has 148 heavy (non-hydrogen) atoms. The molecule has 0 amide bonds. The van der Waals surface area contributed by atoms with E-state index in [1.54, 1.807) is 0 Å². The van der Waals surface area contributed by atoms with Crippen molar-refractivity contribution in [2.75, 3.05) is 9.80 Å². The number of anilines is 2. The molecule has 0 aliphatic carbocycles. The molecule has 6 aliphatic rings. The first-order valence-electron chi connectivity index (χ1n) is 51.2. The first-order chi connectivity index (χ1) is 69.0. The van der Waals surface area contributed by atoms with Crippen molar-refractivity contribution >= 4 is 46.6 Å². The Morgan fingerprint density at radius 1 is 0.243 bits per heavy atom.